The number of fused-ring (bicyclic) bond motifs is 2. The van der Waals surface area contributed by atoms with E-state index in [2.05, 4.69) is 23.0 Å². The molecule has 0 bridgehead atoms. The number of para-hydroxylation sites is 2. The molecular weight excluding hydrogens is 384 g/mol. The Labute approximate surface area is 173 Å². The number of rotatable bonds is 4. The van der Waals surface area contributed by atoms with Gasteiger partial charge in [0, 0.05) is 16.7 Å². The molecule has 7 heteroatoms. The third kappa shape index (κ3) is 4.36. The van der Waals surface area contributed by atoms with Gasteiger partial charge in [-0.1, -0.05) is 31.2 Å². The van der Waals surface area contributed by atoms with E-state index in [0.717, 1.165) is 17.0 Å². The minimum atomic E-state index is -0.155. The Morgan fingerprint density at radius 3 is 2.86 bits per heavy atom. The van der Waals surface area contributed by atoms with Crippen molar-refractivity contribution in [3.05, 3.63) is 64.7 Å². The van der Waals surface area contributed by atoms with E-state index in [1.165, 1.54) is 0 Å². The van der Waals surface area contributed by atoms with Gasteiger partial charge in [0.15, 0.2) is 0 Å². The van der Waals surface area contributed by atoms with Gasteiger partial charge in [0.25, 0.3) is 5.56 Å². The number of amides is 1. The molecule has 2 aromatic carbocycles. The highest BCUT2D eigenvalue weighted by molar-refractivity contribution is 8.00. The highest BCUT2D eigenvalue weighted by Gasteiger charge is 2.24. The predicted octanol–water partition coefficient (Wildman–Crippen LogP) is 3.27. The van der Waals surface area contributed by atoms with Crippen LogP contribution in [-0.4, -0.2) is 46.2 Å². The van der Waals surface area contributed by atoms with Gasteiger partial charge in [-0.3, -0.25) is 14.5 Å². The number of nitrogens with zero attached hydrogens (tertiary/aromatic N) is 3. The maximum atomic E-state index is 13.1. The van der Waals surface area contributed by atoms with Crippen LogP contribution in [0.5, 0.6) is 0 Å². The van der Waals surface area contributed by atoms with E-state index in [0.29, 0.717) is 35.1 Å². The van der Waals surface area contributed by atoms with E-state index < -0.39 is 0 Å². The smallest absolute Gasteiger partial charge is 0.258 e. The molecule has 4 rings (SSSR count). The molecule has 0 aliphatic carbocycles. The molecule has 1 aliphatic rings. The first-order chi connectivity index (χ1) is 14.0. The summed E-state index contributed by atoms with van der Waals surface area (Å²) in [6.07, 6.45) is 0.953. The molecule has 3 aromatic rings. The largest absolute Gasteiger partial charge is 0.310 e. The van der Waals surface area contributed by atoms with Crippen molar-refractivity contribution in [3.8, 4) is 0 Å². The lowest BCUT2D eigenvalue weighted by Gasteiger charge is -2.25. The second-order valence-electron chi connectivity index (χ2n) is 7.43. The lowest BCUT2D eigenvalue weighted by Crippen LogP contribution is -2.40. The second-order valence-corrected chi connectivity index (χ2v) is 8.91. The standard InChI is InChI=1S/C22H24N4O2S/c1-15-11-12-26(18-9-5-6-10-19(18)29-15)21(27)14-25(2)13-20-23-17-8-4-3-7-16(17)22(28)24-20/h3-10,15H,11-14H2,1-2H3,(H,23,24,28). The monoisotopic (exact) mass is 408 g/mol. The summed E-state index contributed by atoms with van der Waals surface area (Å²) in [5.41, 5.74) is 1.49. The van der Waals surface area contributed by atoms with Crippen molar-refractivity contribution in [1.82, 2.24) is 14.9 Å². The molecule has 1 unspecified atom stereocenters. The Kier molecular flexibility index (Phi) is 5.69. The fourth-order valence-electron chi connectivity index (χ4n) is 3.58. The van der Waals surface area contributed by atoms with Crippen LogP contribution in [0.2, 0.25) is 0 Å². The third-order valence-electron chi connectivity index (χ3n) is 5.03. The maximum absolute atomic E-state index is 13.1. The number of likely N-dealkylation sites (N-methyl/N-ethyl adjacent to an activating group) is 1. The molecular formula is C22H24N4O2S. The lowest BCUT2D eigenvalue weighted by atomic mass is 10.2. The molecule has 29 heavy (non-hydrogen) atoms. The Morgan fingerprint density at radius 2 is 2.00 bits per heavy atom. The topological polar surface area (TPSA) is 69.3 Å². The molecule has 1 N–H and O–H groups in total. The maximum Gasteiger partial charge on any atom is 0.258 e. The van der Waals surface area contributed by atoms with Gasteiger partial charge in [-0.15, -0.1) is 11.8 Å². The van der Waals surface area contributed by atoms with Gasteiger partial charge < -0.3 is 9.88 Å². The van der Waals surface area contributed by atoms with Crippen molar-refractivity contribution in [1.29, 1.82) is 0 Å². The Bertz CT molecular complexity index is 1100. The van der Waals surface area contributed by atoms with Gasteiger partial charge in [0.2, 0.25) is 5.91 Å². The molecule has 1 amide bonds. The van der Waals surface area contributed by atoms with Crippen LogP contribution in [-0.2, 0) is 11.3 Å². The van der Waals surface area contributed by atoms with E-state index in [1.54, 1.807) is 6.07 Å². The van der Waals surface area contributed by atoms with Crippen molar-refractivity contribution in [2.75, 3.05) is 25.0 Å². The molecule has 0 saturated carbocycles. The number of carbonyl (C=O) groups excluding carboxylic acids is 1. The first-order valence-electron chi connectivity index (χ1n) is 9.74. The summed E-state index contributed by atoms with van der Waals surface area (Å²) in [6, 6.07) is 15.4. The van der Waals surface area contributed by atoms with Gasteiger partial charge in [-0.05, 0) is 37.7 Å². The minimum absolute atomic E-state index is 0.0535. The molecule has 1 atom stereocenters. The number of aromatic nitrogens is 2. The minimum Gasteiger partial charge on any atom is -0.310 e. The van der Waals surface area contributed by atoms with Gasteiger partial charge in [-0.2, -0.15) is 0 Å². The van der Waals surface area contributed by atoms with Crippen molar-refractivity contribution in [2.24, 2.45) is 0 Å². The van der Waals surface area contributed by atoms with E-state index >= 15 is 0 Å². The van der Waals surface area contributed by atoms with Crippen LogP contribution in [0.4, 0.5) is 5.69 Å². The van der Waals surface area contributed by atoms with Crippen LogP contribution < -0.4 is 10.5 Å². The van der Waals surface area contributed by atoms with Gasteiger partial charge in [-0.25, -0.2) is 4.98 Å². The van der Waals surface area contributed by atoms with E-state index in [-0.39, 0.29) is 18.0 Å². The quantitative estimate of drug-likeness (QED) is 0.718. The summed E-state index contributed by atoms with van der Waals surface area (Å²) in [6.45, 7) is 3.56. The van der Waals surface area contributed by atoms with E-state index in [4.69, 9.17) is 0 Å². The van der Waals surface area contributed by atoms with Gasteiger partial charge >= 0.3 is 0 Å². The van der Waals surface area contributed by atoms with Crippen LogP contribution in [0, 0.1) is 0 Å². The zero-order chi connectivity index (χ0) is 20.4. The number of nitrogens with one attached hydrogen (secondary N) is 1. The normalized spacial score (nSPS) is 16.7. The molecule has 2 heterocycles. The fourth-order valence-corrected chi connectivity index (χ4v) is 4.70. The predicted molar refractivity (Wildman–Crippen MR) is 117 cm³/mol. The first-order valence-corrected chi connectivity index (χ1v) is 10.6. The molecule has 1 aliphatic heterocycles. The molecule has 150 valence electrons. The highest BCUT2D eigenvalue weighted by Crippen LogP contribution is 2.37. The molecule has 0 saturated heterocycles. The lowest BCUT2D eigenvalue weighted by molar-refractivity contribution is -0.119. The molecule has 1 aromatic heterocycles. The number of carbonyl (C=O) groups is 1. The molecule has 0 fully saturated rings. The number of thioether (sulfide) groups is 1. The van der Waals surface area contributed by atoms with Crippen molar-refractivity contribution in [3.63, 3.8) is 0 Å². The Balaban J connectivity index is 1.49. The number of anilines is 1. The second kappa shape index (κ2) is 8.39. The number of benzene rings is 2. The summed E-state index contributed by atoms with van der Waals surface area (Å²) in [5.74, 6) is 0.613. The summed E-state index contributed by atoms with van der Waals surface area (Å²) in [5, 5.41) is 1.04. The van der Waals surface area contributed by atoms with Crippen LogP contribution in [0.25, 0.3) is 10.9 Å². The van der Waals surface area contributed by atoms with Crippen molar-refractivity contribution < 1.29 is 4.79 Å². The van der Waals surface area contributed by atoms with Crippen LogP contribution in [0.3, 0.4) is 0 Å². The summed E-state index contributed by atoms with van der Waals surface area (Å²) in [4.78, 5) is 37.6. The number of aromatic amines is 1. The van der Waals surface area contributed by atoms with Crippen molar-refractivity contribution in [2.45, 2.75) is 30.0 Å². The van der Waals surface area contributed by atoms with Crippen LogP contribution >= 0.6 is 11.8 Å². The Morgan fingerprint density at radius 1 is 1.24 bits per heavy atom. The zero-order valence-corrected chi connectivity index (χ0v) is 17.4. The summed E-state index contributed by atoms with van der Waals surface area (Å²) in [7, 11) is 1.87. The first kappa shape index (κ1) is 19.7. The molecule has 0 spiro atoms. The van der Waals surface area contributed by atoms with E-state index in [9.17, 15) is 9.59 Å². The average Bonchev–Trinajstić information content (AvgIpc) is 2.86. The van der Waals surface area contributed by atoms with E-state index in [1.807, 2.05) is 65.0 Å². The SMILES string of the molecule is CC1CCN(C(=O)CN(C)Cc2nc3ccccc3c(=O)[nH]2)c2ccccc2S1. The summed E-state index contributed by atoms with van der Waals surface area (Å²) >= 11 is 1.82. The number of H-pyrrole nitrogens is 1. The zero-order valence-electron chi connectivity index (χ0n) is 16.6. The Hall–Kier alpha value is -2.64. The number of hydrogen-bond donors (Lipinski definition) is 1. The summed E-state index contributed by atoms with van der Waals surface area (Å²) < 4.78 is 0. The molecule has 6 nitrogen and oxygen atoms in total. The highest BCUT2D eigenvalue weighted by atomic mass is 32.2. The van der Waals surface area contributed by atoms with Gasteiger partial charge in [0.05, 0.1) is 29.7 Å². The van der Waals surface area contributed by atoms with Gasteiger partial charge in [0.1, 0.15) is 5.82 Å². The molecule has 0 radical (unpaired) electrons. The number of hydrogen-bond acceptors (Lipinski definition) is 5. The average molecular weight is 409 g/mol. The van der Waals surface area contributed by atoms with Crippen LogP contribution in [0.1, 0.15) is 19.2 Å². The third-order valence-corrected chi connectivity index (χ3v) is 6.27. The van der Waals surface area contributed by atoms with Crippen LogP contribution in [0.15, 0.2) is 58.2 Å². The van der Waals surface area contributed by atoms with Crippen molar-refractivity contribution >= 4 is 34.3 Å². The fraction of sp³-hybridized carbons (Fsp3) is 0.318.